The van der Waals surface area contributed by atoms with E-state index in [1.807, 2.05) is 0 Å². The number of nitrogens with two attached hydrogens (primary N) is 1. The van der Waals surface area contributed by atoms with E-state index in [0.29, 0.717) is 0 Å². The van der Waals surface area contributed by atoms with E-state index in [9.17, 15) is 0 Å². The molecule has 48 valence electrons. The van der Waals surface area contributed by atoms with Crippen molar-refractivity contribution in [3.63, 3.8) is 0 Å². The maximum absolute atomic E-state index is 8.81. The van der Waals surface area contributed by atoms with Gasteiger partial charge in [-0.25, -0.2) is 0 Å². The number of aliphatic hydroxyl groups excluding tert-OH is 1. The third kappa shape index (κ3) is 2.09. The molecule has 0 bridgehead atoms. The molecule has 0 aliphatic rings. The third-order valence-electron chi connectivity index (χ3n) is 1.09. The van der Waals surface area contributed by atoms with Crippen molar-refractivity contribution in [2.24, 2.45) is 5.73 Å². The molecule has 2 atom stereocenters. The topological polar surface area (TPSA) is 46.2 Å². The molecule has 0 saturated carbocycles. The predicted octanol–water partition coefficient (Wildman–Crippen LogP) is 0.271. The van der Waals surface area contributed by atoms with Crippen molar-refractivity contribution in [1.82, 2.24) is 0 Å². The van der Waals surface area contributed by atoms with Crippen molar-refractivity contribution in [2.75, 3.05) is 0 Å². The summed E-state index contributed by atoms with van der Waals surface area (Å²) in [7, 11) is 0. The Kier molecular flexibility index (Phi) is 2.72. The van der Waals surface area contributed by atoms with Gasteiger partial charge in [0.25, 0.3) is 0 Å². The van der Waals surface area contributed by atoms with Gasteiger partial charge in [0.05, 0.1) is 12.1 Å². The van der Waals surface area contributed by atoms with Gasteiger partial charge in [-0.2, -0.15) is 0 Å². The molecule has 2 nitrogen and oxygen atoms in total. The van der Waals surface area contributed by atoms with E-state index in [1.165, 1.54) is 0 Å². The van der Waals surface area contributed by atoms with Gasteiger partial charge in [-0.15, -0.1) is 0 Å². The molecule has 2 unspecified atom stereocenters. The second-order valence-corrected chi connectivity index (χ2v) is 2.11. The molecule has 0 aromatic rings. The molecular weight excluding hydrogens is 102 g/mol. The third-order valence-corrected chi connectivity index (χ3v) is 1.09. The van der Waals surface area contributed by atoms with E-state index >= 15 is 0 Å². The van der Waals surface area contributed by atoms with Crippen molar-refractivity contribution in [1.29, 1.82) is 0 Å². The summed E-state index contributed by atoms with van der Waals surface area (Å²) in [5, 5.41) is 8.81. The van der Waals surface area contributed by atoms with Crippen LogP contribution in [0.2, 0.25) is 0 Å². The molecule has 3 N–H and O–H groups in total. The van der Waals surface area contributed by atoms with Gasteiger partial charge in [-0.3, -0.25) is 0 Å². The Balaban J connectivity index is 3.64. The van der Waals surface area contributed by atoms with Gasteiger partial charge in [0.1, 0.15) is 0 Å². The van der Waals surface area contributed by atoms with E-state index < -0.39 is 6.10 Å². The van der Waals surface area contributed by atoms with Crippen LogP contribution in [0.1, 0.15) is 13.8 Å². The Bertz CT molecular complexity index is 88.5. The molecule has 0 aliphatic carbocycles. The van der Waals surface area contributed by atoms with Crippen molar-refractivity contribution in [3.8, 4) is 0 Å². The highest BCUT2D eigenvalue weighted by Crippen LogP contribution is 1.98. The molecule has 0 aromatic carbocycles. The van der Waals surface area contributed by atoms with Crippen molar-refractivity contribution in [2.45, 2.75) is 26.0 Å². The average Bonchev–Trinajstić information content (AvgIpc) is 1.64. The minimum Gasteiger partial charge on any atom is -0.391 e. The second kappa shape index (κ2) is 2.84. The zero-order chi connectivity index (χ0) is 6.73. The quantitative estimate of drug-likeness (QED) is 0.507. The summed E-state index contributed by atoms with van der Waals surface area (Å²) in [5.74, 6) is 0. The maximum Gasteiger partial charge on any atom is 0.0701 e. The fourth-order valence-corrected chi connectivity index (χ4v) is 0.412. The molecule has 0 amide bonds. The Hall–Kier alpha value is -0.340. The van der Waals surface area contributed by atoms with Gasteiger partial charge in [0.2, 0.25) is 0 Å². The van der Waals surface area contributed by atoms with Crippen LogP contribution in [0.3, 0.4) is 0 Å². The van der Waals surface area contributed by atoms with Gasteiger partial charge >= 0.3 is 0 Å². The van der Waals surface area contributed by atoms with E-state index in [2.05, 4.69) is 6.58 Å². The molecular formula is C6H13NO. The molecule has 8 heavy (non-hydrogen) atoms. The number of aliphatic hydroxyl groups is 1. The van der Waals surface area contributed by atoms with Crippen molar-refractivity contribution < 1.29 is 5.11 Å². The molecule has 0 rings (SSSR count). The summed E-state index contributed by atoms with van der Waals surface area (Å²) in [6.45, 7) is 7.05. The largest absolute Gasteiger partial charge is 0.391 e. The van der Waals surface area contributed by atoms with E-state index in [1.54, 1.807) is 13.8 Å². The molecule has 0 radical (unpaired) electrons. The lowest BCUT2D eigenvalue weighted by atomic mass is 10.1. The Morgan fingerprint density at radius 3 is 2.12 bits per heavy atom. The van der Waals surface area contributed by atoms with Crippen LogP contribution < -0.4 is 5.73 Å². The first-order valence-electron chi connectivity index (χ1n) is 2.64. The fraction of sp³-hybridized carbons (Fsp3) is 0.667. The summed E-state index contributed by atoms with van der Waals surface area (Å²) < 4.78 is 0. The number of hydrogen-bond donors (Lipinski definition) is 2. The van der Waals surface area contributed by atoms with Crippen LogP contribution in [0, 0.1) is 0 Å². The smallest absolute Gasteiger partial charge is 0.0701 e. The first-order valence-corrected chi connectivity index (χ1v) is 2.64. The molecule has 0 spiro atoms. The molecule has 0 aromatic heterocycles. The summed E-state index contributed by atoms with van der Waals surface area (Å²) in [6.07, 6.45) is -0.479. The average molecular weight is 115 g/mol. The summed E-state index contributed by atoms with van der Waals surface area (Å²) >= 11 is 0. The van der Waals surface area contributed by atoms with Gasteiger partial charge < -0.3 is 10.8 Å². The Morgan fingerprint density at radius 2 is 2.12 bits per heavy atom. The summed E-state index contributed by atoms with van der Waals surface area (Å²) in [6, 6.07) is -0.269. The van der Waals surface area contributed by atoms with Crippen LogP contribution >= 0.6 is 0 Å². The fourth-order valence-electron chi connectivity index (χ4n) is 0.412. The van der Waals surface area contributed by atoms with Crippen LogP contribution in [-0.4, -0.2) is 17.3 Å². The van der Waals surface area contributed by atoms with Gasteiger partial charge in [0.15, 0.2) is 0 Å². The monoisotopic (exact) mass is 115 g/mol. The summed E-state index contributed by atoms with van der Waals surface area (Å²) in [5.41, 5.74) is 6.23. The lowest BCUT2D eigenvalue weighted by Gasteiger charge is -2.13. The maximum atomic E-state index is 8.81. The second-order valence-electron chi connectivity index (χ2n) is 2.11. The number of hydrogen-bond acceptors (Lipinski definition) is 2. The van der Waals surface area contributed by atoms with Crippen molar-refractivity contribution >= 4 is 0 Å². The minimum atomic E-state index is -0.479. The highest BCUT2D eigenvalue weighted by molar-refractivity contribution is 5.01. The van der Waals surface area contributed by atoms with Crippen LogP contribution in [0.5, 0.6) is 0 Å². The molecule has 0 saturated heterocycles. The zero-order valence-corrected chi connectivity index (χ0v) is 5.39. The molecule has 0 aliphatic heterocycles. The normalized spacial score (nSPS) is 17.5. The molecule has 0 fully saturated rings. The lowest BCUT2D eigenvalue weighted by molar-refractivity contribution is 0.176. The van der Waals surface area contributed by atoms with E-state index in [4.69, 9.17) is 10.8 Å². The summed E-state index contributed by atoms with van der Waals surface area (Å²) in [4.78, 5) is 0. The Labute approximate surface area is 50.0 Å². The zero-order valence-electron chi connectivity index (χ0n) is 5.39. The van der Waals surface area contributed by atoms with Crippen molar-refractivity contribution in [3.05, 3.63) is 12.2 Å². The van der Waals surface area contributed by atoms with Crippen LogP contribution in [0.15, 0.2) is 12.2 Å². The number of rotatable bonds is 2. The predicted molar refractivity (Wildman–Crippen MR) is 34.5 cm³/mol. The molecule has 2 heteroatoms. The Morgan fingerprint density at radius 1 is 1.75 bits per heavy atom. The highest BCUT2D eigenvalue weighted by Gasteiger charge is 2.07. The molecule has 0 heterocycles. The van der Waals surface area contributed by atoms with E-state index in [-0.39, 0.29) is 6.04 Å². The first-order chi connectivity index (χ1) is 3.55. The van der Waals surface area contributed by atoms with Gasteiger partial charge in [0, 0.05) is 0 Å². The van der Waals surface area contributed by atoms with E-state index in [0.717, 1.165) is 5.57 Å². The van der Waals surface area contributed by atoms with Crippen LogP contribution in [0.25, 0.3) is 0 Å². The lowest BCUT2D eigenvalue weighted by Crippen LogP contribution is -2.32. The van der Waals surface area contributed by atoms with Gasteiger partial charge in [-0.1, -0.05) is 12.2 Å². The van der Waals surface area contributed by atoms with Crippen LogP contribution in [0.4, 0.5) is 0 Å². The standard InChI is InChI=1S/C6H13NO/c1-4(2)6(7)5(3)8/h5-6,8H,1,7H2,2-3H3. The van der Waals surface area contributed by atoms with Gasteiger partial charge in [-0.05, 0) is 13.8 Å². The highest BCUT2D eigenvalue weighted by atomic mass is 16.3. The minimum absolute atomic E-state index is 0.269. The van der Waals surface area contributed by atoms with Crippen LogP contribution in [-0.2, 0) is 0 Å². The first kappa shape index (κ1) is 7.66. The SMILES string of the molecule is C=C(C)C(N)C(C)O.